The van der Waals surface area contributed by atoms with E-state index in [2.05, 4.69) is 20.6 Å². The summed E-state index contributed by atoms with van der Waals surface area (Å²) in [6.07, 6.45) is 3.26. The van der Waals surface area contributed by atoms with E-state index in [1.165, 1.54) is 0 Å². The normalized spacial score (nSPS) is 11.7. The van der Waals surface area contributed by atoms with E-state index in [1.54, 1.807) is 12.4 Å². The van der Waals surface area contributed by atoms with Crippen LogP contribution in [-0.4, -0.2) is 22.4 Å². The summed E-state index contributed by atoms with van der Waals surface area (Å²) in [6.45, 7) is 2.14. The van der Waals surface area contributed by atoms with Gasteiger partial charge in [0.2, 0.25) is 0 Å². The Labute approximate surface area is 162 Å². The van der Waals surface area contributed by atoms with Crippen LogP contribution in [0.15, 0.2) is 54.9 Å². The molecule has 0 bridgehead atoms. The van der Waals surface area contributed by atoms with Crippen molar-refractivity contribution < 1.29 is 9.18 Å². The minimum absolute atomic E-state index is 0.0282. The Hall–Kier alpha value is -3.52. The molecule has 2 heterocycles. The second kappa shape index (κ2) is 8.45. The fraction of sp³-hybridized carbons (Fsp3) is 0.150. The van der Waals surface area contributed by atoms with Crippen LogP contribution in [0.2, 0.25) is 0 Å². The van der Waals surface area contributed by atoms with Crippen molar-refractivity contribution in [2.75, 3.05) is 17.2 Å². The van der Waals surface area contributed by atoms with Crippen LogP contribution in [0.1, 0.15) is 27.5 Å². The average Bonchev–Trinajstić information content (AvgIpc) is 2.68. The molecule has 7 nitrogen and oxygen atoms in total. The quantitative estimate of drug-likeness (QED) is 0.500. The number of nitrogens with two attached hydrogens (primary N) is 2. The van der Waals surface area contributed by atoms with Crippen LogP contribution in [0.4, 0.5) is 21.7 Å². The molecular formula is C20H21FN6O. The maximum Gasteiger partial charge on any atom is 0.252 e. The van der Waals surface area contributed by atoms with Gasteiger partial charge in [-0.2, -0.15) is 0 Å². The van der Waals surface area contributed by atoms with E-state index in [0.717, 1.165) is 17.2 Å². The number of anilines is 3. The molecule has 0 radical (unpaired) electrons. The number of amides is 1. The molecule has 0 spiro atoms. The van der Waals surface area contributed by atoms with E-state index in [1.807, 2.05) is 43.3 Å². The molecule has 0 saturated heterocycles. The number of benzene rings is 1. The maximum absolute atomic E-state index is 14.4. The van der Waals surface area contributed by atoms with Crippen LogP contribution >= 0.6 is 0 Å². The van der Waals surface area contributed by atoms with Crippen molar-refractivity contribution in [1.82, 2.24) is 9.97 Å². The lowest BCUT2D eigenvalue weighted by atomic mass is 10.1. The van der Waals surface area contributed by atoms with Crippen LogP contribution in [0, 0.1) is 12.7 Å². The van der Waals surface area contributed by atoms with Crippen molar-refractivity contribution in [1.29, 1.82) is 0 Å². The van der Waals surface area contributed by atoms with Gasteiger partial charge in [-0.3, -0.25) is 9.78 Å². The topological polar surface area (TPSA) is 119 Å². The molecule has 0 fully saturated rings. The number of primary amides is 1. The number of carbonyl (C=O) groups excluding carboxylic acids is 1. The van der Waals surface area contributed by atoms with Gasteiger partial charge in [-0.1, -0.05) is 30.3 Å². The molecule has 3 aromatic rings. The zero-order chi connectivity index (χ0) is 20.1. The van der Waals surface area contributed by atoms with Crippen LogP contribution in [0.25, 0.3) is 0 Å². The van der Waals surface area contributed by atoms with Crippen molar-refractivity contribution in [2.45, 2.75) is 13.0 Å². The number of halogens is 1. The molecule has 0 aliphatic rings. The van der Waals surface area contributed by atoms with Gasteiger partial charge >= 0.3 is 0 Å². The van der Waals surface area contributed by atoms with Gasteiger partial charge < -0.3 is 22.1 Å². The first-order valence-electron chi connectivity index (χ1n) is 8.67. The third-order valence-electron chi connectivity index (χ3n) is 4.10. The highest BCUT2D eigenvalue weighted by molar-refractivity contribution is 5.98. The third-order valence-corrected chi connectivity index (χ3v) is 4.10. The Balaban J connectivity index is 1.84. The van der Waals surface area contributed by atoms with Gasteiger partial charge in [-0.05, 0) is 30.2 Å². The molecule has 0 aliphatic heterocycles. The molecule has 6 N–H and O–H groups in total. The summed E-state index contributed by atoms with van der Waals surface area (Å²) in [6, 6.07) is 12.0. The smallest absolute Gasteiger partial charge is 0.252 e. The zero-order valence-electron chi connectivity index (χ0n) is 15.3. The number of carbonyl (C=O) groups is 1. The van der Waals surface area contributed by atoms with E-state index in [0.29, 0.717) is 5.69 Å². The van der Waals surface area contributed by atoms with Crippen LogP contribution < -0.4 is 22.1 Å². The van der Waals surface area contributed by atoms with Crippen LogP contribution in [0.5, 0.6) is 0 Å². The number of aryl methyl sites for hydroxylation is 1. The molecular weight excluding hydrogens is 359 g/mol. The Morgan fingerprint density at radius 2 is 1.93 bits per heavy atom. The fourth-order valence-electron chi connectivity index (χ4n) is 2.68. The summed E-state index contributed by atoms with van der Waals surface area (Å²) in [7, 11) is 0. The van der Waals surface area contributed by atoms with Gasteiger partial charge in [0.15, 0.2) is 11.6 Å². The standard InChI is InChI=1S/C20H21FN6O/c1-12-7-14(10-24-9-12)26-19-15(18(23)28)8-16(21)20(27-19)25-11-17(22)13-5-3-2-4-6-13/h2-10,17H,11,22H2,1H3,(H2,23,28)(H2,25,26,27)/t17-/m1/s1. The lowest BCUT2D eigenvalue weighted by Gasteiger charge is -2.16. The summed E-state index contributed by atoms with van der Waals surface area (Å²) < 4.78 is 14.4. The lowest BCUT2D eigenvalue weighted by molar-refractivity contribution is 0.100. The van der Waals surface area contributed by atoms with E-state index in [4.69, 9.17) is 11.5 Å². The van der Waals surface area contributed by atoms with Crippen molar-refractivity contribution >= 4 is 23.2 Å². The number of rotatable bonds is 7. The molecule has 3 rings (SSSR count). The zero-order valence-corrected chi connectivity index (χ0v) is 15.3. The van der Waals surface area contributed by atoms with Gasteiger partial charge in [0.05, 0.1) is 17.4 Å². The van der Waals surface area contributed by atoms with Gasteiger partial charge in [-0.25, -0.2) is 9.37 Å². The number of hydrogen-bond acceptors (Lipinski definition) is 6. The number of nitrogens with one attached hydrogen (secondary N) is 2. The highest BCUT2D eigenvalue weighted by atomic mass is 19.1. The molecule has 0 aliphatic carbocycles. The van der Waals surface area contributed by atoms with Crippen molar-refractivity contribution in [2.24, 2.45) is 11.5 Å². The van der Waals surface area contributed by atoms with E-state index in [-0.39, 0.29) is 29.8 Å². The van der Waals surface area contributed by atoms with E-state index < -0.39 is 11.7 Å². The average molecular weight is 380 g/mol. The Kier molecular flexibility index (Phi) is 5.81. The minimum atomic E-state index is -0.790. The summed E-state index contributed by atoms with van der Waals surface area (Å²) >= 11 is 0. The first-order valence-corrected chi connectivity index (χ1v) is 8.67. The molecule has 1 amide bonds. The maximum atomic E-state index is 14.4. The van der Waals surface area contributed by atoms with Gasteiger partial charge in [0.25, 0.3) is 5.91 Å². The van der Waals surface area contributed by atoms with E-state index in [9.17, 15) is 9.18 Å². The Morgan fingerprint density at radius 1 is 1.18 bits per heavy atom. The Bertz CT molecular complexity index is 980. The van der Waals surface area contributed by atoms with Gasteiger partial charge in [-0.15, -0.1) is 0 Å². The predicted octanol–water partition coefficient (Wildman–Crippen LogP) is 2.88. The minimum Gasteiger partial charge on any atom is -0.366 e. The third kappa shape index (κ3) is 4.60. The summed E-state index contributed by atoms with van der Waals surface area (Å²) in [5, 5.41) is 5.87. The second-order valence-electron chi connectivity index (χ2n) is 6.35. The number of hydrogen-bond donors (Lipinski definition) is 4. The molecule has 0 saturated carbocycles. The monoisotopic (exact) mass is 380 g/mol. The van der Waals surface area contributed by atoms with Crippen LogP contribution in [-0.2, 0) is 0 Å². The lowest BCUT2D eigenvalue weighted by Crippen LogP contribution is -2.22. The molecule has 2 aromatic heterocycles. The molecule has 0 unspecified atom stereocenters. The Morgan fingerprint density at radius 3 is 2.61 bits per heavy atom. The van der Waals surface area contributed by atoms with Crippen molar-refractivity contribution in [3.8, 4) is 0 Å². The fourth-order valence-corrected chi connectivity index (χ4v) is 2.68. The summed E-state index contributed by atoms with van der Waals surface area (Å²) in [4.78, 5) is 20.0. The second-order valence-corrected chi connectivity index (χ2v) is 6.35. The number of pyridine rings is 2. The molecule has 144 valence electrons. The molecule has 1 aromatic carbocycles. The van der Waals surface area contributed by atoms with Crippen molar-refractivity contribution in [3.05, 3.63) is 77.4 Å². The molecule has 1 atom stereocenters. The number of aromatic nitrogens is 2. The largest absolute Gasteiger partial charge is 0.366 e. The predicted molar refractivity (Wildman–Crippen MR) is 107 cm³/mol. The summed E-state index contributed by atoms with van der Waals surface area (Å²) in [5.74, 6) is -1.37. The highest BCUT2D eigenvalue weighted by Gasteiger charge is 2.17. The van der Waals surface area contributed by atoms with E-state index >= 15 is 0 Å². The molecule has 8 heteroatoms. The summed E-state index contributed by atoms with van der Waals surface area (Å²) in [5.41, 5.74) is 13.9. The SMILES string of the molecule is Cc1cncc(Nc2nc(NC[C@@H](N)c3ccccc3)c(F)cc2C(N)=O)c1. The van der Waals surface area contributed by atoms with Gasteiger partial charge in [0.1, 0.15) is 5.82 Å². The molecule has 28 heavy (non-hydrogen) atoms. The first kappa shape index (κ1) is 19.2. The van der Waals surface area contributed by atoms with Gasteiger partial charge in [0, 0.05) is 18.8 Å². The van der Waals surface area contributed by atoms with Crippen molar-refractivity contribution in [3.63, 3.8) is 0 Å². The van der Waals surface area contributed by atoms with Crippen LogP contribution in [0.3, 0.4) is 0 Å². The highest BCUT2D eigenvalue weighted by Crippen LogP contribution is 2.24. The first-order chi connectivity index (χ1) is 13.4. The number of nitrogens with zero attached hydrogens (tertiary/aromatic N) is 2.